The van der Waals surface area contributed by atoms with Gasteiger partial charge in [-0.1, -0.05) is 12.1 Å². The zero-order valence-electron chi connectivity index (χ0n) is 13.9. The maximum absolute atomic E-state index is 13.2. The molecule has 132 valence electrons. The number of aromatic nitrogens is 2. The third-order valence-electron chi connectivity index (χ3n) is 4.80. The smallest absolute Gasteiger partial charge is 0.134 e. The fourth-order valence-corrected chi connectivity index (χ4v) is 3.53. The van der Waals surface area contributed by atoms with E-state index in [0.29, 0.717) is 26.2 Å². The minimum absolute atomic E-state index is 0.0250. The molecule has 2 aliphatic heterocycles. The summed E-state index contributed by atoms with van der Waals surface area (Å²) in [6, 6.07) is 8.39. The first-order chi connectivity index (χ1) is 12.2. The highest BCUT2D eigenvalue weighted by atomic mass is 19.1. The standard InChI is InChI=1S/C18H21FN4O2/c19-14-3-1-13(2-4-14)16-9-15(24)11-23(16)18-10-17(20-12-21-18)22-5-7-25-8-6-22/h1-4,10,12,15-16,24H,5-9,11H2/t15-,16+/m0/s1. The van der Waals surface area contributed by atoms with Crippen LogP contribution in [0.1, 0.15) is 18.0 Å². The third kappa shape index (κ3) is 3.43. The van der Waals surface area contributed by atoms with Crippen LogP contribution >= 0.6 is 0 Å². The van der Waals surface area contributed by atoms with E-state index in [-0.39, 0.29) is 11.9 Å². The van der Waals surface area contributed by atoms with E-state index in [1.807, 2.05) is 6.07 Å². The van der Waals surface area contributed by atoms with Crippen LogP contribution < -0.4 is 9.80 Å². The van der Waals surface area contributed by atoms with E-state index in [0.717, 1.165) is 30.3 Å². The van der Waals surface area contributed by atoms with Gasteiger partial charge in [0.2, 0.25) is 0 Å². The number of aliphatic hydroxyl groups excluding tert-OH is 1. The van der Waals surface area contributed by atoms with Crippen molar-refractivity contribution in [2.45, 2.75) is 18.6 Å². The van der Waals surface area contributed by atoms with Crippen molar-refractivity contribution in [3.8, 4) is 0 Å². The summed E-state index contributed by atoms with van der Waals surface area (Å²) in [5, 5.41) is 10.2. The summed E-state index contributed by atoms with van der Waals surface area (Å²) in [6.07, 6.45) is 1.73. The summed E-state index contributed by atoms with van der Waals surface area (Å²) < 4.78 is 18.6. The fraction of sp³-hybridized carbons (Fsp3) is 0.444. The third-order valence-corrected chi connectivity index (χ3v) is 4.80. The zero-order chi connectivity index (χ0) is 17.2. The number of morpholine rings is 1. The van der Waals surface area contributed by atoms with Crippen LogP contribution in [0, 0.1) is 5.82 Å². The molecule has 1 N–H and O–H groups in total. The lowest BCUT2D eigenvalue weighted by atomic mass is 10.0. The molecule has 0 amide bonds. The summed E-state index contributed by atoms with van der Waals surface area (Å²) in [4.78, 5) is 13.0. The summed E-state index contributed by atoms with van der Waals surface area (Å²) in [5.74, 6) is 1.39. The highest BCUT2D eigenvalue weighted by Gasteiger charge is 2.33. The van der Waals surface area contributed by atoms with Gasteiger partial charge < -0.3 is 19.6 Å². The van der Waals surface area contributed by atoms with Crippen molar-refractivity contribution in [1.29, 1.82) is 0 Å². The van der Waals surface area contributed by atoms with E-state index in [2.05, 4.69) is 19.8 Å². The van der Waals surface area contributed by atoms with E-state index < -0.39 is 6.10 Å². The number of benzene rings is 1. The Morgan fingerprint density at radius 3 is 2.56 bits per heavy atom. The van der Waals surface area contributed by atoms with Gasteiger partial charge >= 0.3 is 0 Å². The fourth-order valence-electron chi connectivity index (χ4n) is 3.53. The molecule has 3 heterocycles. The number of hydrogen-bond acceptors (Lipinski definition) is 6. The van der Waals surface area contributed by atoms with Crippen molar-refractivity contribution >= 4 is 11.6 Å². The lowest BCUT2D eigenvalue weighted by Gasteiger charge is -2.30. The van der Waals surface area contributed by atoms with Crippen molar-refractivity contribution < 1.29 is 14.2 Å². The van der Waals surface area contributed by atoms with Crippen LogP contribution in [0.15, 0.2) is 36.7 Å². The van der Waals surface area contributed by atoms with Gasteiger partial charge in [-0.2, -0.15) is 0 Å². The van der Waals surface area contributed by atoms with Crippen LogP contribution in [0.5, 0.6) is 0 Å². The summed E-state index contributed by atoms with van der Waals surface area (Å²) in [6.45, 7) is 3.50. The number of rotatable bonds is 3. The van der Waals surface area contributed by atoms with E-state index in [1.54, 1.807) is 18.5 Å². The molecule has 2 aromatic rings. The van der Waals surface area contributed by atoms with Gasteiger partial charge in [-0.05, 0) is 24.1 Å². The summed E-state index contributed by atoms with van der Waals surface area (Å²) in [7, 11) is 0. The molecule has 2 atom stereocenters. The Bertz CT molecular complexity index is 721. The predicted molar refractivity (Wildman–Crippen MR) is 92.2 cm³/mol. The van der Waals surface area contributed by atoms with E-state index in [9.17, 15) is 9.50 Å². The van der Waals surface area contributed by atoms with E-state index in [1.165, 1.54) is 12.1 Å². The van der Waals surface area contributed by atoms with Gasteiger partial charge in [0, 0.05) is 25.7 Å². The highest BCUT2D eigenvalue weighted by molar-refractivity contribution is 5.53. The summed E-state index contributed by atoms with van der Waals surface area (Å²) in [5.41, 5.74) is 0.976. The van der Waals surface area contributed by atoms with Crippen molar-refractivity contribution in [2.75, 3.05) is 42.6 Å². The number of nitrogens with zero attached hydrogens (tertiary/aromatic N) is 4. The molecule has 0 bridgehead atoms. The van der Waals surface area contributed by atoms with Crippen LogP contribution in [0.3, 0.4) is 0 Å². The molecular weight excluding hydrogens is 323 g/mol. The van der Waals surface area contributed by atoms with Crippen molar-refractivity contribution in [1.82, 2.24) is 9.97 Å². The average molecular weight is 344 g/mol. The molecule has 7 heteroatoms. The largest absolute Gasteiger partial charge is 0.391 e. The molecule has 1 aromatic heterocycles. The molecule has 2 aliphatic rings. The SMILES string of the molecule is O[C@H]1C[C@H](c2ccc(F)cc2)N(c2cc(N3CCOCC3)ncn2)C1. The van der Waals surface area contributed by atoms with Crippen LogP contribution in [-0.4, -0.2) is 54.0 Å². The van der Waals surface area contributed by atoms with Crippen LogP contribution in [-0.2, 0) is 4.74 Å². The number of ether oxygens (including phenoxy) is 1. The minimum atomic E-state index is -0.433. The van der Waals surface area contributed by atoms with E-state index >= 15 is 0 Å². The number of anilines is 2. The molecular formula is C18H21FN4O2. The molecule has 25 heavy (non-hydrogen) atoms. The second-order valence-electron chi connectivity index (χ2n) is 6.44. The molecule has 2 fully saturated rings. The molecule has 4 rings (SSSR count). The van der Waals surface area contributed by atoms with Gasteiger partial charge in [0.25, 0.3) is 0 Å². The molecule has 1 aromatic carbocycles. The molecule has 0 saturated carbocycles. The number of β-amino-alcohol motifs (C(OH)–C–C–N with tert-alkyl or cyclic N) is 1. The second-order valence-corrected chi connectivity index (χ2v) is 6.44. The first kappa shape index (κ1) is 16.2. The topological polar surface area (TPSA) is 61.7 Å². The van der Waals surface area contributed by atoms with Gasteiger partial charge in [-0.3, -0.25) is 0 Å². The van der Waals surface area contributed by atoms with Gasteiger partial charge in [0.15, 0.2) is 0 Å². The van der Waals surface area contributed by atoms with Gasteiger partial charge in [0.1, 0.15) is 23.8 Å². The number of hydrogen-bond donors (Lipinski definition) is 1. The number of halogens is 1. The monoisotopic (exact) mass is 344 g/mol. The zero-order valence-corrected chi connectivity index (χ0v) is 13.9. The van der Waals surface area contributed by atoms with Crippen LogP contribution in [0.2, 0.25) is 0 Å². The normalized spacial score (nSPS) is 23.9. The maximum Gasteiger partial charge on any atom is 0.134 e. The number of aliphatic hydroxyl groups is 1. The Labute approximate surface area is 145 Å². The molecule has 6 nitrogen and oxygen atoms in total. The lowest BCUT2D eigenvalue weighted by Crippen LogP contribution is -2.37. The Morgan fingerprint density at radius 1 is 1.08 bits per heavy atom. The first-order valence-corrected chi connectivity index (χ1v) is 8.55. The Morgan fingerprint density at radius 2 is 1.80 bits per heavy atom. The van der Waals surface area contributed by atoms with Crippen LogP contribution in [0.4, 0.5) is 16.0 Å². The molecule has 0 radical (unpaired) electrons. The summed E-state index contributed by atoms with van der Waals surface area (Å²) >= 11 is 0. The van der Waals surface area contributed by atoms with Crippen molar-refractivity contribution in [3.05, 3.63) is 48.0 Å². The lowest BCUT2D eigenvalue weighted by molar-refractivity contribution is 0.122. The Kier molecular flexibility index (Phi) is 4.50. The Balaban J connectivity index is 1.61. The second kappa shape index (κ2) is 6.93. The van der Waals surface area contributed by atoms with Gasteiger partial charge in [-0.15, -0.1) is 0 Å². The van der Waals surface area contributed by atoms with Gasteiger partial charge in [-0.25, -0.2) is 14.4 Å². The van der Waals surface area contributed by atoms with Crippen LogP contribution in [0.25, 0.3) is 0 Å². The first-order valence-electron chi connectivity index (χ1n) is 8.55. The molecule has 0 aliphatic carbocycles. The molecule has 0 unspecified atom stereocenters. The Hall–Kier alpha value is -2.25. The van der Waals surface area contributed by atoms with E-state index in [4.69, 9.17) is 4.74 Å². The van der Waals surface area contributed by atoms with Gasteiger partial charge in [0.05, 0.1) is 25.4 Å². The highest BCUT2D eigenvalue weighted by Crippen LogP contribution is 2.36. The van der Waals surface area contributed by atoms with Crippen molar-refractivity contribution in [3.63, 3.8) is 0 Å². The quantitative estimate of drug-likeness (QED) is 0.916. The minimum Gasteiger partial charge on any atom is -0.391 e. The van der Waals surface area contributed by atoms with Crippen molar-refractivity contribution in [2.24, 2.45) is 0 Å². The molecule has 0 spiro atoms. The maximum atomic E-state index is 13.2. The molecule has 2 saturated heterocycles. The average Bonchev–Trinajstić information content (AvgIpc) is 3.05. The predicted octanol–water partition coefficient (Wildman–Crippen LogP) is 1.76.